The van der Waals surface area contributed by atoms with E-state index in [9.17, 15) is 8.42 Å². The van der Waals surface area contributed by atoms with Crippen molar-refractivity contribution in [3.8, 4) is 0 Å². The second kappa shape index (κ2) is 7.90. The van der Waals surface area contributed by atoms with Gasteiger partial charge in [0, 0.05) is 13.0 Å². The molecular weight excluding hydrogens is 306 g/mol. The average molecular weight is 327 g/mol. The SMILES string of the molecule is Cc1ccc2nc(CCNS(=O)(=O)C(C)C)[nH]c2c1.O=CO. The van der Waals surface area contributed by atoms with Crippen LogP contribution in [0.5, 0.6) is 0 Å². The molecule has 0 amide bonds. The molecule has 2 rings (SSSR count). The fourth-order valence-electron chi connectivity index (χ4n) is 1.77. The highest BCUT2D eigenvalue weighted by molar-refractivity contribution is 7.90. The van der Waals surface area contributed by atoms with Crippen molar-refractivity contribution in [2.75, 3.05) is 6.54 Å². The number of fused-ring (bicyclic) bond motifs is 1. The fraction of sp³-hybridized carbons (Fsp3) is 0.429. The fourth-order valence-corrected chi connectivity index (χ4v) is 2.49. The number of nitrogens with one attached hydrogen (secondary N) is 2. The molecule has 1 aromatic heterocycles. The number of hydrogen-bond donors (Lipinski definition) is 3. The minimum Gasteiger partial charge on any atom is -0.483 e. The molecule has 3 N–H and O–H groups in total. The van der Waals surface area contributed by atoms with Crippen LogP contribution in [-0.2, 0) is 21.2 Å². The maximum atomic E-state index is 11.6. The lowest BCUT2D eigenvalue weighted by atomic mass is 10.2. The zero-order valence-corrected chi connectivity index (χ0v) is 13.6. The summed E-state index contributed by atoms with van der Waals surface area (Å²) in [6.45, 7) is 5.45. The number of benzene rings is 1. The minimum atomic E-state index is -3.20. The zero-order chi connectivity index (χ0) is 16.8. The van der Waals surface area contributed by atoms with Gasteiger partial charge in [-0.3, -0.25) is 4.79 Å². The monoisotopic (exact) mass is 327 g/mol. The minimum absolute atomic E-state index is 0.250. The van der Waals surface area contributed by atoms with E-state index >= 15 is 0 Å². The second-order valence-corrected chi connectivity index (χ2v) is 7.37. The average Bonchev–Trinajstić information content (AvgIpc) is 2.81. The van der Waals surface area contributed by atoms with Gasteiger partial charge in [0.1, 0.15) is 5.82 Å². The maximum Gasteiger partial charge on any atom is 0.290 e. The normalized spacial score (nSPS) is 11.3. The molecule has 1 heterocycles. The van der Waals surface area contributed by atoms with Crippen LogP contribution in [0.1, 0.15) is 25.2 Å². The number of carbonyl (C=O) groups is 1. The van der Waals surface area contributed by atoms with E-state index in [0.717, 1.165) is 16.9 Å². The van der Waals surface area contributed by atoms with Gasteiger partial charge in [0.05, 0.1) is 16.3 Å². The van der Waals surface area contributed by atoms with Crippen LogP contribution in [0.15, 0.2) is 18.2 Å². The van der Waals surface area contributed by atoms with Crippen LogP contribution in [0.4, 0.5) is 0 Å². The van der Waals surface area contributed by atoms with Gasteiger partial charge >= 0.3 is 0 Å². The maximum absolute atomic E-state index is 11.6. The zero-order valence-electron chi connectivity index (χ0n) is 12.8. The Labute approximate surface area is 129 Å². The van der Waals surface area contributed by atoms with Gasteiger partial charge in [-0.2, -0.15) is 0 Å². The van der Waals surface area contributed by atoms with Crippen molar-refractivity contribution in [2.24, 2.45) is 0 Å². The van der Waals surface area contributed by atoms with Crippen molar-refractivity contribution in [3.63, 3.8) is 0 Å². The predicted octanol–water partition coefficient (Wildman–Crippen LogP) is 1.44. The lowest BCUT2D eigenvalue weighted by molar-refractivity contribution is -0.122. The third-order valence-corrected chi connectivity index (χ3v) is 4.82. The highest BCUT2D eigenvalue weighted by Crippen LogP contribution is 2.13. The van der Waals surface area contributed by atoms with E-state index in [2.05, 4.69) is 14.7 Å². The number of nitrogens with zero attached hydrogens (tertiary/aromatic N) is 1. The van der Waals surface area contributed by atoms with Crippen LogP contribution in [0.2, 0.25) is 0 Å². The van der Waals surface area contributed by atoms with Gasteiger partial charge in [-0.15, -0.1) is 0 Å². The molecule has 22 heavy (non-hydrogen) atoms. The van der Waals surface area contributed by atoms with Crippen LogP contribution < -0.4 is 4.72 Å². The first-order valence-electron chi connectivity index (χ1n) is 6.81. The van der Waals surface area contributed by atoms with E-state index in [1.165, 1.54) is 5.56 Å². The van der Waals surface area contributed by atoms with Gasteiger partial charge in [0.25, 0.3) is 6.47 Å². The molecule has 0 bridgehead atoms. The van der Waals surface area contributed by atoms with Gasteiger partial charge < -0.3 is 10.1 Å². The molecule has 1 aromatic carbocycles. The van der Waals surface area contributed by atoms with Crippen LogP contribution in [0, 0.1) is 6.92 Å². The number of rotatable bonds is 5. The highest BCUT2D eigenvalue weighted by Gasteiger charge is 2.14. The Balaban J connectivity index is 0.000000745. The van der Waals surface area contributed by atoms with E-state index in [0.29, 0.717) is 13.0 Å². The molecule has 0 aliphatic carbocycles. The first-order chi connectivity index (χ1) is 10.3. The summed E-state index contributed by atoms with van der Waals surface area (Å²) in [5.74, 6) is 0.798. The number of hydrogen-bond acceptors (Lipinski definition) is 4. The third-order valence-electron chi connectivity index (χ3n) is 2.97. The number of aromatic amines is 1. The van der Waals surface area contributed by atoms with Crippen molar-refractivity contribution in [3.05, 3.63) is 29.6 Å². The van der Waals surface area contributed by atoms with Gasteiger partial charge in [-0.05, 0) is 38.5 Å². The molecule has 122 valence electrons. The summed E-state index contributed by atoms with van der Waals surface area (Å²) in [5.41, 5.74) is 3.07. The Hall–Kier alpha value is -1.93. The van der Waals surface area contributed by atoms with E-state index in [4.69, 9.17) is 9.90 Å². The Kier molecular flexibility index (Phi) is 6.51. The number of sulfonamides is 1. The molecule has 0 unspecified atom stereocenters. The number of carboxylic acid groups (broad SMARTS) is 1. The van der Waals surface area contributed by atoms with Crippen LogP contribution >= 0.6 is 0 Å². The first kappa shape index (κ1) is 18.1. The third kappa shape index (κ3) is 5.12. The predicted molar refractivity (Wildman–Crippen MR) is 85.3 cm³/mol. The standard InChI is InChI=1S/C13H19N3O2S.CH2O2/c1-9(2)19(17,18)14-7-6-13-15-11-5-4-10(3)8-12(11)16-13;2-1-3/h4-5,8-9,14H,6-7H2,1-3H3,(H,15,16);1H,(H,2,3). The van der Waals surface area contributed by atoms with Gasteiger partial charge in [-0.25, -0.2) is 18.1 Å². The summed E-state index contributed by atoms with van der Waals surface area (Å²) in [6.07, 6.45) is 0.555. The summed E-state index contributed by atoms with van der Waals surface area (Å²) in [7, 11) is -3.20. The van der Waals surface area contributed by atoms with Crippen molar-refractivity contribution in [1.82, 2.24) is 14.7 Å². The van der Waals surface area contributed by atoms with E-state index < -0.39 is 15.3 Å². The van der Waals surface area contributed by atoms with Gasteiger partial charge in [-0.1, -0.05) is 6.07 Å². The molecule has 0 saturated carbocycles. The van der Waals surface area contributed by atoms with Crippen molar-refractivity contribution in [2.45, 2.75) is 32.4 Å². The summed E-state index contributed by atoms with van der Waals surface area (Å²) in [6, 6.07) is 6.00. The molecular formula is C14H21N3O4S. The summed E-state index contributed by atoms with van der Waals surface area (Å²) >= 11 is 0. The Bertz CT molecular complexity index is 723. The van der Waals surface area contributed by atoms with Gasteiger partial charge in [0.15, 0.2) is 0 Å². The lowest BCUT2D eigenvalue weighted by Gasteiger charge is -2.08. The molecule has 7 nitrogen and oxygen atoms in total. The van der Waals surface area contributed by atoms with Crippen LogP contribution in [-0.4, -0.2) is 41.8 Å². The number of H-pyrrole nitrogens is 1. The molecule has 0 saturated heterocycles. The molecule has 0 atom stereocenters. The molecule has 0 aliphatic rings. The Morgan fingerprint density at radius 3 is 2.64 bits per heavy atom. The topological polar surface area (TPSA) is 112 Å². The molecule has 0 spiro atoms. The smallest absolute Gasteiger partial charge is 0.290 e. The Morgan fingerprint density at radius 2 is 2.05 bits per heavy atom. The lowest BCUT2D eigenvalue weighted by Crippen LogP contribution is -2.32. The Morgan fingerprint density at radius 1 is 1.41 bits per heavy atom. The quantitative estimate of drug-likeness (QED) is 0.719. The number of aryl methyl sites for hydroxylation is 1. The van der Waals surface area contributed by atoms with E-state index in [1.54, 1.807) is 13.8 Å². The molecule has 0 aliphatic heterocycles. The molecule has 2 aromatic rings. The molecule has 0 radical (unpaired) electrons. The molecule has 8 heteroatoms. The summed E-state index contributed by atoms with van der Waals surface area (Å²) in [5, 5.41) is 6.48. The second-order valence-electron chi connectivity index (χ2n) is 5.05. The van der Waals surface area contributed by atoms with Crippen LogP contribution in [0.3, 0.4) is 0 Å². The summed E-state index contributed by atoms with van der Waals surface area (Å²) < 4.78 is 25.8. The number of aromatic nitrogens is 2. The van der Waals surface area contributed by atoms with Crippen molar-refractivity contribution >= 4 is 27.5 Å². The number of imidazole rings is 1. The first-order valence-corrected chi connectivity index (χ1v) is 8.36. The van der Waals surface area contributed by atoms with Crippen LogP contribution in [0.25, 0.3) is 11.0 Å². The van der Waals surface area contributed by atoms with Gasteiger partial charge in [0.2, 0.25) is 10.0 Å². The largest absolute Gasteiger partial charge is 0.483 e. The van der Waals surface area contributed by atoms with Crippen molar-refractivity contribution < 1.29 is 18.3 Å². The summed E-state index contributed by atoms with van der Waals surface area (Å²) in [4.78, 5) is 16.0. The van der Waals surface area contributed by atoms with E-state index in [1.807, 2.05) is 25.1 Å². The van der Waals surface area contributed by atoms with Crippen molar-refractivity contribution in [1.29, 1.82) is 0 Å². The van der Waals surface area contributed by atoms with E-state index in [-0.39, 0.29) is 6.47 Å². The molecule has 0 fully saturated rings. The highest BCUT2D eigenvalue weighted by atomic mass is 32.2.